The van der Waals surface area contributed by atoms with E-state index in [4.69, 9.17) is 19.8 Å². The molecule has 0 spiro atoms. The van der Waals surface area contributed by atoms with E-state index in [1.807, 2.05) is 0 Å². The number of nitrogens with one attached hydrogen (secondary N) is 2. The third-order valence-electron chi connectivity index (χ3n) is 1.39. The van der Waals surface area contributed by atoms with Gasteiger partial charge in [0.25, 0.3) is 0 Å². The molecule has 0 unspecified atom stereocenters. The molecule has 17 nitrogen and oxygen atoms in total. The Morgan fingerprint density at radius 1 is 0.704 bits per heavy atom. The first-order valence-corrected chi connectivity index (χ1v) is 4.02. The van der Waals surface area contributed by atoms with Gasteiger partial charge in [-0.15, -0.1) is 0 Å². The summed E-state index contributed by atoms with van der Waals surface area (Å²) in [4.78, 5) is 31.7. The predicted molar refractivity (Wildman–Crippen MR) is 69.5 cm³/mol. The summed E-state index contributed by atoms with van der Waals surface area (Å²) >= 11 is 0. The number of rotatable bonds is 1. The molecule has 2 aromatic rings. The van der Waals surface area contributed by atoms with Gasteiger partial charge < -0.3 is 79.1 Å². The second-order valence-electron chi connectivity index (χ2n) is 2.45. The van der Waals surface area contributed by atoms with E-state index in [-0.39, 0.29) is 91.4 Å². The van der Waals surface area contributed by atoms with Crippen molar-refractivity contribution in [2.75, 3.05) is 0 Å². The number of aromatic nitrogens is 4. The monoisotopic (exact) mass is 574 g/mol. The molecule has 0 amide bonds. The molecule has 0 aliphatic heterocycles. The van der Waals surface area contributed by atoms with Crippen LogP contribution in [0.1, 0.15) is 0 Å². The van der Waals surface area contributed by atoms with Crippen LogP contribution in [0, 0.1) is 0 Å². The van der Waals surface area contributed by atoms with Gasteiger partial charge in [0.15, 0.2) is 11.6 Å². The number of carbonyl (C=O) groups excluding carboxylic acids is 2. The van der Waals surface area contributed by atoms with Crippen LogP contribution in [-0.2, 0) is 84.6 Å². The number of carbonyl (C=O) groups is 2. The van der Waals surface area contributed by atoms with E-state index in [9.17, 15) is 0 Å². The summed E-state index contributed by atoms with van der Waals surface area (Å²) in [6.45, 7) is 0. The fourth-order valence-electron chi connectivity index (χ4n) is 0.790. The summed E-state index contributed by atoms with van der Waals surface area (Å²) in [6.07, 6.45) is 6.91. The number of carboxylic acids is 2. The van der Waals surface area contributed by atoms with Crippen molar-refractivity contribution in [3.8, 4) is 11.6 Å². The number of imidazole rings is 2. The van der Waals surface area contributed by atoms with E-state index in [0.29, 0.717) is 0 Å². The van der Waals surface area contributed by atoms with Crippen LogP contribution in [0.25, 0.3) is 11.6 Å². The Morgan fingerprint density at radius 2 is 0.926 bits per heavy atom. The molecule has 0 saturated carbocycles. The van der Waals surface area contributed by atoms with Gasteiger partial charge in [-0.3, -0.25) is 0 Å². The molecule has 0 aromatic carbocycles. The van der Waals surface area contributed by atoms with E-state index < -0.39 is 11.9 Å². The van der Waals surface area contributed by atoms with E-state index in [2.05, 4.69) is 19.9 Å². The van der Waals surface area contributed by atoms with Crippen molar-refractivity contribution in [2.24, 2.45) is 0 Å². The maximum Gasteiger partial charge on any atom is 0.173 e. The van der Waals surface area contributed by atoms with Gasteiger partial charge in [-0.05, 0) is 0 Å². The molecule has 27 heavy (non-hydrogen) atoms. The van der Waals surface area contributed by atoms with Crippen LogP contribution in [0.2, 0.25) is 0 Å². The first-order valence-electron chi connectivity index (χ1n) is 4.02. The molecule has 0 aliphatic carbocycles. The standard InChI is InChI=1S/C6H6N4.C2H2O4.2Mo.5H2O.4O/c1-2-8-5(7-1)6-9-3-4-10-6;3-1(4)2(5)6;;;;;;;;;;;/h1-4H,(H,7,8)(H,9,10);(H,3,4)(H,5,6);;;5*1H2;;;;/q;;;;;;;;;4*-2. The maximum atomic E-state index is 8.93. The zero-order valence-corrected chi connectivity index (χ0v) is 17.0. The average molecular weight is 570 g/mol. The Kier molecular flexibility index (Phi) is 107. The van der Waals surface area contributed by atoms with Gasteiger partial charge in [0.1, 0.15) is 0 Å². The van der Waals surface area contributed by atoms with Crippen LogP contribution in [0.4, 0.5) is 0 Å². The molecule has 19 heteroatoms. The largest absolute Gasteiger partial charge is 2.00 e. The van der Waals surface area contributed by atoms with Gasteiger partial charge in [0.2, 0.25) is 0 Å². The number of aliphatic carboxylic acids is 2. The number of nitrogens with zero attached hydrogens (tertiary/aromatic N) is 2. The molecule has 0 radical (unpaired) electrons. The van der Waals surface area contributed by atoms with Crippen molar-refractivity contribution in [1.29, 1.82) is 0 Å². The molecule has 0 bridgehead atoms. The average Bonchev–Trinajstić information content (AvgIpc) is 2.91. The Bertz CT molecular complexity index is 426. The number of hydrogen-bond donors (Lipinski definition) is 2. The van der Waals surface area contributed by atoms with E-state index in [0.717, 1.165) is 11.6 Å². The topological polar surface area (TPSA) is 412 Å². The Balaban J connectivity index is -0.0000000157. The maximum absolute atomic E-state index is 8.93. The van der Waals surface area contributed by atoms with Crippen LogP contribution >= 0.6 is 0 Å². The molecule has 2 rings (SSSR count). The van der Waals surface area contributed by atoms with Crippen molar-refractivity contribution in [1.82, 2.24) is 19.9 Å². The van der Waals surface area contributed by atoms with Gasteiger partial charge >= 0.3 is 0 Å². The van der Waals surface area contributed by atoms with Crippen LogP contribution in [0.3, 0.4) is 0 Å². The molecule has 0 atom stereocenters. The molecule has 0 aliphatic rings. The SMILES string of the molecule is O.O.O.O=C([O-])C(=O)[O-].[Mo].[Mo].[O-2].[O-2].[O-2].[O-2].[OH3+].[OH3+].c1c[nH]c(-c2ncc[nH]2)n1. The Morgan fingerprint density at radius 3 is 1.04 bits per heavy atom. The molecular weight excluding hydrogens is 552 g/mol. The third-order valence-corrected chi connectivity index (χ3v) is 1.39. The van der Waals surface area contributed by atoms with Crippen molar-refractivity contribution < 1.29 is 111 Å². The molecule has 2 heterocycles. The minimum absolute atomic E-state index is 0. The van der Waals surface area contributed by atoms with Gasteiger partial charge in [0, 0.05) is 66.9 Å². The Labute approximate surface area is 179 Å². The number of aromatic amines is 2. The molecule has 0 saturated heterocycles. The minimum atomic E-state index is -2.19. The fourth-order valence-corrected chi connectivity index (χ4v) is 0.790. The quantitative estimate of drug-likeness (QED) is 0.190. The van der Waals surface area contributed by atoms with Crippen LogP contribution < -0.4 is 10.2 Å². The van der Waals surface area contributed by atoms with Crippen molar-refractivity contribution in [3.63, 3.8) is 0 Å². The summed E-state index contributed by atoms with van der Waals surface area (Å²) in [5, 5.41) is 17.9. The van der Waals surface area contributed by atoms with Crippen molar-refractivity contribution in [3.05, 3.63) is 24.8 Å². The normalized spacial score (nSPS) is 5.33. The summed E-state index contributed by atoms with van der Waals surface area (Å²) in [6, 6.07) is 0. The van der Waals surface area contributed by atoms with Crippen LogP contribution in [0.15, 0.2) is 24.8 Å². The van der Waals surface area contributed by atoms with Gasteiger partial charge in [-0.25, -0.2) is 9.97 Å². The number of carboxylic acid groups (broad SMARTS) is 2. The van der Waals surface area contributed by atoms with E-state index >= 15 is 0 Å². The summed E-state index contributed by atoms with van der Waals surface area (Å²) in [5.74, 6) is -2.83. The Hall–Kier alpha value is -1.62. The zero-order chi connectivity index (χ0) is 12.0. The number of H-pyrrole nitrogens is 2. The van der Waals surface area contributed by atoms with E-state index in [1.54, 1.807) is 24.8 Å². The second-order valence-corrected chi connectivity index (χ2v) is 2.45. The van der Waals surface area contributed by atoms with Gasteiger partial charge in [0.05, 0.1) is 11.9 Å². The van der Waals surface area contributed by atoms with Crippen molar-refractivity contribution in [2.45, 2.75) is 0 Å². The van der Waals surface area contributed by atoms with Crippen LogP contribution in [-0.4, -0.2) is 48.3 Å². The first-order chi connectivity index (χ1) is 7.61. The smallest absolute Gasteiger partial charge is 0.173 e. The minimum Gasteiger partial charge on any atom is -2.00 e. The van der Waals surface area contributed by atoms with Crippen LogP contribution in [0.5, 0.6) is 0 Å². The third kappa shape index (κ3) is 29.4. The summed E-state index contributed by atoms with van der Waals surface area (Å²) in [5.41, 5.74) is 0. The zero-order valence-electron chi connectivity index (χ0n) is 12.9. The van der Waals surface area contributed by atoms with E-state index in [1.165, 1.54) is 0 Å². The molecule has 0 fully saturated rings. The van der Waals surface area contributed by atoms with Gasteiger partial charge in [-0.2, -0.15) is 0 Å². The second kappa shape index (κ2) is 39.4. The molecule has 168 valence electrons. The predicted octanol–water partition coefficient (Wildman–Crippen LogP) is -7.51. The summed E-state index contributed by atoms with van der Waals surface area (Å²) in [7, 11) is 0. The molecule has 14 N–H and O–H groups in total. The molecular formula is C8H18Mo2N4O13-8. The first kappa shape index (κ1) is 73.0. The van der Waals surface area contributed by atoms with Gasteiger partial charge in [-0.1, -0.05) is 0 Å². The summed E-state index contributed by atoms with van der Waals surface area (Å²) < 4.78 is 0. The number of hydrogen-bond acceptors (Lipinski definition) is 6. The van der Waals surface area contributed by atoms with Crippen molar-refractivity contribution >= 4 is 11.9 Å². The molecule has 2 aromatic heterocycles. The fraction of sp³-hybridized carbons (Fsp3) is 0.